The molecule has 1 aromatic carbocycles. The van der Waals surface area contributed by atoms with Crippen LogP contribution in [0.5, 0.6) is 0 Å². The Hall–Kier alpha value is -2.09. The Balaban J connectivity index is 1.51. The summed E-state index contributed by atoms with van der Waals surface area (Å²) in [7, 11) is 0. The van der Waals surface area contributed by atoms with Crippen LogP contribution < -0.4 is 5.32 Å². The van der Waals surface area contributed by atoms with Gasteiger partial charge in [0.25, 0.3) is 0 Å². The van der Waals surface area contributed by atoms with Gasteiger partial charge in [-0.3, -0.25) is 4.90 Å². The van der Waals surface area contributed by atoms with Gasteiger partial charge >= 0.3 is 0 Å². The number of benzene rings is 1. The molecular formula is C17H17ClN4. The summed E-state index contributed by atoms with van der Waals surface area (Å²) in [5.74, 6) is 0.805. The predicted molar refractivity (Wildman–Crippen MR) is 87.9 cm³/mol. The van der Waals surface area contributed by atoms with Crippen molar-refractivity contribution < 1.29 is 0 Å². The molecule has 0 atom stereocenters. The number of pyridine rings is 1. The Morgan fingerprint density at radius 1 is 1.32 bits per heavy atom. The normalized spacial score (nSPS) is 14.2. The lowest BCUT2D eigenvalue weighted by molar-refractivity contribution is 0.264. The van der Waals surface area contributed by atoms with Crippen LogP contribution in [0.15, 0.2) is 36.5 Å². The smallest absolute Gasteiger partial charge is 0.126 e. The highest BCUT2D eigenvalue weighted by Crippen LogP contribution is 2.25. The van der Waals surface area contributed by atoms with E-state index in [1.165, 1.54) is 11.1 Å². The lowest BCUT2D eigenvalue weighted by atomic mass is 10.00. The maximum absolute atomic E-state index is 8.75. The number of aromatic nitrogens is 1. The van der Waals surface area contributed by atoms with Gasteiger partial charge in [-0.25, -0.2) is 4.98 Å². The van der Waals surface area contributed by atoms with Gasteiger partial charge in [-0.1, -0.05) is 23.7 Å². The number of rotatable bonds is 4. The highest BCUT2D eigenvalue weighted by Gasteiger charge is 2.17. The SMILES string of the molecule is N#Cc1ccc(NCCN2CCc3c(Cl)cccc3C2)nc1. The number of anilines is 1. The van der Waals surface area contributed by atoms with Crippen molar-refractivity contribution >= 4 is 17.4 Å². The van der Waals surface area contributed by atoms with Crippen LogP contribution >= 0.6 is 11.6 Å². The van der Waals surface area contributed by atoms with Crippen LogP contribution in [-0.2, 0) is 13.0 Å². The minimum atomic E-state index is 0.579. The van der Waals surface area contributed by atoms with Gasteiger partial charge in [0.1, 0.15) is 11.9 Å². The first kappa shape index (κ1) is 14.8. The summed E-state index contributed by atoms with van der Waals surface area (Å²) in [6.45, 7) is 3.75. The van der Waals surface area contributed by atoms with Gasteiger partial charge in [-0.2, -0.15) is 5.26 Å². The summed E-state index contributed by atoms with van der Waals surface area (Å²) in [6, 6.07) is 11.8. The molecule has 1 N–H and O–H groups in total. The molecule has 0 aliphatic carbocycles. The van der Waals surface area contributed by atoms with Gasteiger partial charge in [-0.15, -0.1) is 0 Å². The van der Waals surface area contributed by atoms with Crippen LogP contribution in [0.25, 0.3) is 0 Å². The highest BCUT2D eigenvalue weighted by molar-refractivity contribution is 6.31. The van der Waals surface area contributed by atoms with Gasteiger partial charge in [0.2, 0.25) is 0 Å². The van der Waals surface area contributed by atoms with E-state index in [4.69, 9.17) is 16.9 Å². The second-order valence-corrected chi connectivity index (χ2v) is 5.78. The van der Waals surface area contributed by atoms with Crippen molar-refractivity contribution in [2.45, 2.75) is 13.0 Å². The van der Waals surface area contributed by atoms with E-state index < -0.39 is 0 Å². The second-order valence-electron chi connectivity index (χ2n) is 5.37. The molecule has 3 rings (SSSR count). The quantitative estimate of drug-likeness (QED) is 0.942. The van der Waals surface area contributed by atoms with E-state index in [1.807, 2.05) is 18.2 Å². The van der Waals surface area contributed by atoms with E-state index in [9.17, 15) is 0 Å². The van der Waals surface area contributed by atoms with E-state index in [1.54, 1.807) is 12.3 Å². The molecular weight excluding hydrogens is 296 g/mol. The van der Waals surface area contributed by atoms with E-state index in [2.05, 4.69) is 27.3 Å². The number of hydrogen-bond acceptors (Lipinski definition) is 4. The molecule has 0 saturated carbocycles. The van der Waals surface area contributed by atoms with Gasteiger partial charge < -0.3 is 5.32 Å². The lowest BCUT2D eigenvalue weighted by Crippen LogP contribution is -2.34. The summed E-state index contributed by atoms with van der Waals surface area (Å²) >= 11 is 6.24. The Bertz CT molecular complexity index is 691. The average molecular weight is 313 g/mol. The zero-order chi connectivity index (χ0) is 15.4. The number of halogens is 1. The number of hydrogen-bond donors (Lipinski definition) is 1. The lowest BCUT2D eigenvalue weighted by Gasteiger charge is -2.29. The van der Waals surface area contributed by atoms with E-state index >= 15 is 0 Å². The summed E-state index contributed by atoms with van der Waals surface area (Å²) in [5.41, 5.74) is 3.20. The van der Waals surface area contributed by atoms with Crippen molar-refractivity contribution in [2.24, 2.45) is 0 Å². The predicted octanol–water partition coefficient (Wildman–Crippen LogP) is 3.08. The summed E-state index contributed by atoms with van der Waals surface area (Å²) in [4.78, 5) is 6.62. The third-order valence-electron chi connectivity index (χ3n) is 3.91. The molecule has 4 nitrogen and oxygen atoms in total. The van der Waals surface area contributed by atoms with Crippen LogP contribution in [-0.4, -0.2) is 29.5 Å². The van der Waals surface area contributed by atoms with Gasteiger partial charge in [-0.05, 0) is 35.7 Å². The molecule has 0 radical (unpaired) electrons. The van der Waals surface area contributed by atoms with Crippen LogP contribution in [0.2, 0.25) is 5.02 Å². The van der Waals surface area contributed by atoms with Crippen molar-refractivity contribution in [1.29, 1.82) is 5.26 Å². The van der Waals surface area contributed by atoms with Crippen molar-refractivity contribution in [3.05, 3.63) is 58.2 Å². The van der Waals surface area contributed by atoms with E-state index in [0.29, 0.717) is 5.56 Å². The summed E-state index contributed by atoms with van der Waals surface area (Å²) in [5, 5.41) is 12.9. The molecule has 0 unspecified atom stereocenters. The first-order valence-corrected chi connectivity index (χ1v) is 7.73. The van der Waals surface area contributed by atoms with Gasteiger partial charge in [0.15, 0.2) is 0 Å². The molecule has 22 heavy (non-hydrogen) atoms. The highest BCUT2D eigenvalue weighted by atomic mass is 35.5. The molecule has 0 bridgehead atoms. The molecule has 1 aromatic heterocycles. The zero-order valence-electron chi connectivity index (χ0n) is 12.2. The molecule has 0 fully saturated rings. The fourth-order valence-electron chi connectivity index (χ4n) is 2.72. The maximum Gasteiger partial charge on any atom is 0.126 e. The van der Waals surface area contributed by atoms with Gasteiger partial charge in [0, 0.05) is 37.4 Å². The molecule has 0 amide bonds. The molecule has 112 valence electrons. The zero-order valence-corrected chi connectivity index (χ0v) is 13.0. The van der Waals surface area contributed by atoms with Crippen LogP contribution in [0.3, 0.4) is 0 Å². The second kappa shape index (κ2) is 6.78. The van der Waals surface area contributed by atoms with Crippen molar-refractivity contribution in [2.75, 3.05) is 25.0 Å². The minimum absolute atomic E-state index is 0.579. The average Bonchev–Trinajstić information content (AvgIpc) is 2.56. The molecule has 2 heterocycles. The Labute approximate surface area is 135 Å². The molecule has 0 saturated heterocycles. The molecule has 2 aromatic rings. The van der Waals surface area contributed by atoms with Crippen molar-refractivity contribution in [1.82, 2.24) is 9.88 Å². The van der Waals surface area contributed by atoms with E-state index in [0.717, 1.165) is 43.4 Å². The third-order valence-corrected chi connectivity index (χ3v) is 4.27. The standard InChI is InChI=1S/C17H17ClN4/c18-16-3-1-2-14-12-22(8-6-15(14)16)9-7-20-17-5-4-13(10-19)11-21-17/h1-5,11H,6-9,12H2,(H,20,21). The topological polar surface area (TPSA) is 52.0 Å². The number of nitriles is 1. The third kappa shape index (κ3) is 3.38. The maximum atomic E-state index is 8.75. The van der Waals surface area contributed by atoms with E-state index in [-0.39, 0.29) is 0 Å². The minimum Gasteiger partial charge on any atom is -0.369 e. The first-order valence-electron chi connectivity index (χ1n) is 7.35. The fourth-order valence-corrected chi connectivity index (χ4v) is 3.01. The summed E-state index contributed by atoms with van der Waals surface area (Å²) in [6.07, 6.45) is 2.59. The monoisotopic (exact) mass is 312 g/mol. The number of nitrogens with one attached hydrogen (secondary N) is 1. The molecule has 0 spiro atoms. The van der Waals surface area contributed by atoms with Gasteiger partial charge in [0.05, 0.1) is 5.56 Å². The van der Waals surface area contributed by atoms with Crippen molar-refractivity contribution in [3.8, 4) is 6.07 Å². The van der Waals surface area contributed by atoms with Crippen LogP contribution in [0.1, 0.15) is 16.7 Å². The number of nitrogens with zero attached hydrogens (tertiary/aromatic N) is 3. The fraction of sp³-hybridized carbons (Fsp3) is 0.294. The first-order chi connectivity index (χ1) is 10.8. The number of fused-ring (bicyclic) bond motifs is 1. The van der Waals surface area contributed by atoms with Crippen LogP contribution in [0.4, 0.5) is 5.82 Å². The summed E-state index contributed by atoms with van der Waals surface area (Å²) < 4.78 is 0. The molecule has 5 heteroatoms. The Kier molecular flexibility index (Phi) is 4.57. The Morgan fingerprint density at radius 3 is 3.00 bits per heavy atom. The largest absolute Gasteiger partial charge is 0.369 e. The van der Waals surface area contributed by atoms with Crippen molar-refractivity contribution in [3.63, 3.8) is 0 Å². The Morgan fingerprint density at radius 2 is 2.23 bits per heavy atom. The van der Waals surface area contributed by atoms with Crippen LogP contribution in [0, 0.1) is 11.3 Å². The molecule has 1 aliphatic rings. The molecule has 1 aliphatic heterocycles.